The summed E-state index contributed by atoms with van der Waals surface area (Å²) >= 11 is 0. The van der Waals surface area contributed by atoms with Crippen LogP contribution < -0.4 is 11.0 Å². The molecule has 0 bridgehead atoms. The Balaban J connectivity index is 1.41. The number of alkyl halides is 4. The molecule has 0 radical (unpaired) electrons. The summed E-state index contributed by atoms with van der Waals surface area (Å²) in [5.41, 5.74) is -1.70. The van der Waals surface area contributed by atoms with Gasteiger partial charge in [-0.05, 0) is 55.5 Å². The maximum absolute atomic E-state index is 15.8. The topological polar surface area (TPSA) is 78.4 Å². The first kappa shape index (κ1) is 25.8. The van der Waals surface area contributed by atoms with E-state index in [1.54, 1.807) is 31.3 Å². The highest BCUT2D eigenvalue weighted by Gasteiger charge is 2.50. The van der Waals surface area contributed by atoms with E-state index in [1.807, 2.05) is 6.92 Å². The summed E-state index contributed by atoms with van der Waals surface area (Å²) in [5.74, 6) is 0.141. The van der Waals surface area contributed by atoms with Crippen LogP contribution in [0.25, 0.3) is 11.2 Å². The Morgan fingerprint density at radius 2 is 1.95 bits per heavy atom. The Hall–Kier alpha value is -3.51. The predicted molar refractivity (Wildman–Crippen MR) is 134 cm³/mol. The average Bonchev–Trinajstić information content (AvgIpc) is 3.43. The number of hydrogen-bond acceptors (Lipinski definition) is 5. The number of ether oxygens (including phenoxy) is 1. The molecule has 1 aromatic carbocycles. The van der Waals surface area contributed by atoms with Crippen LogP contribution in [0.4, 0.5) is 17.6 Å². The van der Waals surface area contributed by atoms with Crippen molar-refractivity contribution in [1.82, 2.24) is 29.0 Å². The molecule has 6 rings (SSSR count). The molecule has 39 heavy (non-hydrogen) atoms. The molecule has 1 atom stereocenters. The number of halogens is 4. The van der Waals surface area contributed by atoms with Crippen molar-refractivity contribution in [3.8, 4) is 5.69 Å². The zero-order valence-electron chi connectivity index (χ0n) is 21.5. The largest absolute Gasteiger partial charge is 0.418 e. The van der Waals surface area contributed by atoms with Crippen molar-refractivity contribution in [2.24, 2.45) is 7.05 Å². The van der Waals surface area contributed by atoms with Gasteiger partial charge in [0, 0.05) is 31.5 Å². The van der Waals surface area contributed by atoms with Crippen molar-refractivity contribution >= 4 is 5.52 Å². The van der Waals surface area contributed by atoms with Crippen molar-refractivity contribution in [2.45, 2.75) is 56.0 Å². The summed E-state index contributed by atoms with van der Waals surface area (Å²) in [6.45, 7) is 2.43. The van der Waals surface area contributed by atoms with Gasteiger partial charge in [0.15, 0.2) is 12.0 Å². The molecular formula is C27H28F4N6O2. The van der Waals surface area contributed by atoms with Gasteiger partial charge in [0.1, 0.15) is 6.33 Å². The first-order chi connectivity index (χ1) is 18.5. The van der Waals surface area contributed by atoms with Gasteiger partial charge < -0.3 is 14.6 Å². The number of imidazole rings is 1. The molecule has 1 saturated carbocycles. The van der Waals surface area contributed by atoms with Crippen LogP contribution >= 0.6 is 0 Å². The molecule has 3 aromatic heterocycles. The Kier molecular flexibility index (Phi) is 5.96. The Labute approximate surface area is 221 Å². The summed E-state index contributed by atoms with van der Waals surface area (Å²) < 4.78 is 67.2. The van der Waals surface area contributed by atoms with Crippen LogP contribution in [0.3, 0.4) is 0 Å². The number of nitrogens with one attached hydrogen (secondary N) is 1. The highest BCUT2D eigenvalue weighted by Crippen LogP contribution is 2.45. The molecule has 2 fully saturated rings. The Bertz CT molecular complexity index is 1600. The van der Waals surface area contributed by atoms with E-state index < -0.39 is 29.0 Å². The molecule has 206 valence electrons. The van der Waals surface area contributed by atoms with Gasteiger partial charge in [-0.1, -0.05) is 12.1 Å². The summed E-state index contributed by atoms with van der Waals surface area (Å²) in [4.78, 5) is 13.5. The number of fused-ring (bicyclic) bond motifs is 1. The summed E-state index contributed by atoms with van der Waals surface area (Å²) in [5, 5.41) is 11.0. The van der Waals surface area contributed by atoms with Crippen LogP contribution in [0.2, 0.25) is 0 Å². The van der Waals surface area contributed by atoms with Crippen molar-refractivity contribution < 1.29 is 22.3 Å². The van der Waals surface area contributed by atoms with Gasteiger partial charge in [-0.2, -0.15) is 13.2 Å². The average molecular weight is 545 g/mol. The third-order valence-electron chi connectivity index (χ3n) is 8.18. The highest BCUT2D eigenvalue weighted by atomic mass is 19.4. The van der Waals surface area contributed by atoms with E-state index in [4.69, 9.17) is 4.74 Å². The number of aryl methyl sites for hydroxylation is 1. The smallest absolute Gasteiger partial charge is 0.379 e. The Morgan fingerprint density at radius 3 is 2.54 bits per heavy atom. The second-order valence-electron chi connectivity index (χ2n) is 10.9. The third kappa shape index (κ3) is 4.26. The van der Waals surface area contributed by atoms with Gasteiger partial charge in [0.25, 0.3) is 0 Å². The van der Waals surface area contributed by atoms with Crippen LogP contribution in [-0.2, 0) is 29.9 Å². The fraction of sp³-hybridized carbons (Fsp3) is 0.444. The van der Waals surface area contributed by atoms with E-state index in [1.165, 1.54) is 27.9 Å². The minimum Gasteiger partial charge on any atom is -0.379 e. The van der Waals surface area contributed by atoms with Crippen LogP contribution in [0.15, 0.2) is 53.8 Å². The molecule has 0 amide bonds. The molecule has 2 aliphatic rings. The number of benzene rings is 1. The van der Waals surface area contributed by atoms with Crippen LogP contribution in [0.1, 0.15) is 54.9 Å². The number of hydrogen-bond donors (Lipinski definition) is 1. The van der Waals surface area contributed by atoms with Gasteiger partial charge in [0.05, 0.1) is 35.4 Å². The van der Waals surface area contributed by atoms with Crippen molar-refractivity contribution in [3.63, 3.8) is 0 Å². The first-order valence-electron chi connectivity index (χ1n) is 12.8. The molecular weight excluding hydrogens is 516 g/mol. The van der Waals surface area contributed by atoms with E-state index in [0.29, 0.717) is 16.8 Å². The minimum absolute atomic E-state index is 0.0879. The molecule has 1 aliphatic heterocycles. The standard InChI is InChI=1S/C27H28F4N6O2/c1-25(7-4-8-25)32-11-17-9-20(27(29,30)31)21-13-36(24(38)37(21)12-17)19-6-3-5-18(10-19)26(14-39-15-26)22(28)23-34-33-16-35(23)2/h3,5-6,9-10,12-13,16,22,32H,4,7-8,11,14-15H2,1-2H3/t22-/m0/s1. The lowest BCUT2D eigenvalue weighted by Gasteiger charge is -2.43. The lowest BCUT2D eigenvalue weighted by atomic mass is 9.74. The molecule has 1 N–H and O–H groups in total. The van der Waals surface area contributed by atoms with Crippen LogP contribution in [-0.4, -0.2) is 42.5 Å². The summed E-state index contributed by atoms with van der Waals surface area (Å²) in [6.07, 6.45) is 0.840. The lowest BCUT2D eigenvalue weighted by molar-refractivity contribution is -0.136. The fourth-order valence-electron chi connectivity index (χ4n) is 5.47. The van der Waals surface area contributed by atoms with E-state index >= 15 is 4.39 Å². The van der Waals surface area contributed by atoms with Gasteiger partial charge in [-0.25, -0.2) is 9.18 Å². The molecule has 1 saturated heterocycles. The maximum Gasteiger partial charge on any atom is 0.418 e. The molecule has 12 heteroatoms. The van der Waals surface area contributed by atoms with E-state index in [0.717, 1.165) is 29.7 Å². The Morgan fingerprint density at radius 1 is 1.18 bits per heavy atom. The fourth-order valence-corrected chi connectivity index (χ4v) is 5.47. The number of aromatic nitrogens is 5. The number of pyridine rings is 1. The third-order valence-corrected chi connectivity index (χ3v) is 8.18. The zero-order valence-corrected chi connectivity index (χ0v) is 21.5. The maximum atomic E-state index is 15.8. The normalized spacial score (nSPS) is 19.0. The van der Waals surface area contributed by atoms with Crippen molar-refractivity contribution in [3.05, 3.63) is 82.1 Å². The molecule has 8 nitrogen and oxygen atoms in total. The quantitative estimate of drug-likeness (QED) is 0.352. The summed E-state index contributed by atoms with van der Waals surface area (Å²) in [7, 11) is 1.65. The van der Waals surface area contributed by atoms with E-state index in [2.05, 4.69) is 15.5 Å². The first-order valence-corrected chi connectivity index (χ1v) is 12.8. The number of nitrogens with zero attached hydrogens (tertiary/aromatic N) is 5. The zero-order chi connectivity index (χ0) is 27.6. The predicted octanol–water partition coefficient (Wildman–Crippen LogP) is 4.25. The number of rotatable bonds is 7. The van der Waals surface area contributed by atoms with E-state index in [-0.39, 0.29) is 36.6 Å². The monoisotopic (exact) mass is 544 g/mol. The second kappa shape index (κ2) is 9.02. The van der Waals surface area contributed by atoms with Gasteiger partial charge in [0.2, 0.25) is 0 Å². The van der Waals surface area contributed by atoms with Crippen LogP contribution in [0, 0.1) is 0 Å². The van der Waals surface area contributed by atoms with Gasteiger partial charge in [-0.15, -0.1) is 10.2 Å². The lowest BCUT2D eigenvalue weighted by Crippen LogP contribution is -2.50. The molecule has 4 aromatic rings. The van der Waals surface area contributed by atoms with Crippen molar-refractivity contribution in [2.75, 3.05) is 13.2 Å². The highest BCUT2D eigenvalue weighted by molar-refractivity contribution is 5.58. The van der Waals surface area contributed by atoms with Gasteiger partial charge >= 0.3 is 11.9 Å². The molecule has 0 spiro atoms. The van der Waals surface area contributed by atoms with E-state index in [9.17, 15) is 18.0 Å². The minimum atomic E-state index is -4.66. The van der Waals surface area contributed by atoms with Crippen LogP contribution in [0.5, 0.6) is 0 Å². The molecule has 4 heterocycles. The SMILES string of the molecule is Cn1cnnc1[C@H](F)C1(c2cccc(-n3cc4c(C(F)(F)F)cc(CNC5(C)CCC5)cn4c3=O)c2)COC1. The molecule has 0 unspecified atom stereocenters. The summed E-state index contributed by atoms with van der Waals surface area (Å²) in [6, 6.07) is 7.71. The second-order valence-corrected chi connectivity index (χ2v) is 10.9. The molecule has 1 aliphatic carbocycles. The van der Waals surface area contributed by atoms with Gasteiger partial charge in [-0.3, -0.25) is 8.97 Å². The van der Waals surface area contributed by atoms with Crippen molar-refractivity contribution in [1.29, 1.82) is 0 Å².